The number of nitrogens with one attached hydrogen (secondary N) is 1. The summed E-state index contributed by atoms with van der Waals surface area (Å²) < 4.78 is 14.4. The second-order valence-electron chi connectivity index (χ2n) is 5.50. The Hall–Kier alpha value is -1.33. The number of ether oxygens (including phenoxy) is 2. The van der Waals surface area contributed by atoms with Gasteiger partial charge in [-0.05, 0) is 50.0 Å². The number of aromatic nitrogens is 2. The van der Waals surface area contributed by atoms with Gasteiger partial charge in [0.2, 0.25) is 0 Å². The van der Waals surface area contributed by atoms with Gasteiger partial charge in [0.05, 0.1) is 18.2 Å². The van der Waals surface area contributed by atoms with Gasteiger partial charge in [0.25, 0.3) is 0 Å². The van der Waals surface area contributed by atoms with Crippen LogP contribution < -0.4 is 4.74 Å². The number of hydrogen-bond donors (Lipinski definition) is 1. The number of rotatable bonds is 6. The molecule has 0 saturated carbocycles. The maximum Gasteiger partial charge on any atom is 0.178 e. The third-order valence-corrected chi connectivity index (χ3v) is 4.25. The number of benzene rings is 1. The van der Waals surface area contributed by atoms with Crippen molar-refractivity contribution in [3.05, 3.63) is 23.0 Å². The second-order valence-corrected chi connectivity index (χ2v) is 5.89. The molecule has 2 heterocycles. The maximum atomic E-state index is 5.80. The summed E-state index contributed by atoms with van der Waals surface area (Å²) in [6, 6.07) is 6.11. The molecule has 1 aliphatic heterocycles. The van der Waals surface area contributed by atoms with Crippen LogP contribution in [0, 0.1) is 4.77 Å². The van der Waals surface area contributed by atoms with Crippen LogP contribution in [0.15, 0.2) is 18.2 Å². The van der Waals surface area contributed by atoms with Crippen LogP contribution >= 0.6 is 12.2 Å². The summed E-state index contributed by atoms with van der Waals surface area (Å²) in [5.41, 5.74) is 2.12. The molecule has 0 spiro atoms. The first-order chi connectivity index (χ1) is 10.3. The zero-order valence-electron chi connectivity index (χ0n) is 12.4. The molecule has 5 heteroatoms. The summed E-state index contributed by atoms with van der Waals surface area (Å²) >= 11 is 5.48. The number of hydrogen-bond acceptors (Lipinski definition) is 3. The van der Waals surface area contributed by atoms with E-state index in [2.05, 4.69) is 22.5 Å². The highest BCUT2D eigenvalue weighted by Gasteiger charge is 2.16. The molecule has 114 valence electrons. The summed E-state index contributed by atoms with van der Waals surface area (Å²) in [5, 5.41) is 0. The molecular formula is C16H22N2O2S. The van der Waals surface area contributed by atoms with Crippen molar-refractivity contribution in [3.8, 4) is 5.75 Å². The highest BCUT2D eigenvalue weighted by atomic mass is 32.1. The average molecular weight is 306 g/mol. The molecule has 1 atom stereocenters. The first-order valence-corrected chi connectivity index (χ1v) is 8.16. The Labute approximate surface area is 130 Å². The van der Waals surface area contributed by atoms with Gasteiger partial charge in [0.1, 0.15) is 11.3 Å². The maximum absolute atomic E-state index is 5.80. The van der Waals surface area contributed by atoms with Gasteiger partial charge in [-0.1, -0.05) is 13.0 Å². The fourth-order valence-corrected chi connectivity index (χ4v) is 3.15. The fraction of sp³-hybridized carbons (Fsp3) is 0.562. The number of nitrogens with zero attached hydrogens (tertiary/aromatic N) is 1. The van der Waals surface area contributed by atoms with Gasteiger partial charge in [-0.3, -0.25) is 0 Å². The van der Waals surface area contributed by atoms with Gasteiger partial charge in [0.15, 0.2) is 4.77 Å². The fourth-order valence-electron chi connectivity index (χ4n) is 2.85. The minimum atomic E-state index is 0.386. The van der Waals surface area contributed by atoms with E-state index in [0.717, 1.165) is 54.2 Å². The van der Waals surface area contributed by atoms with Crippen LogP contribution in [-0.4, -0.2) is 28.9 Å². The molecule has 1 unspecified atom stereocenters. The molecule has 0 amide bonds. The van der Waals surface area contributed by atoms with Crippen molar-refractivity contribution in [2.75, 3.05) is 13.2 Å². The Kier molecular flexibility index (Phi) is 4.60. The molecule has 4 nitrogen and oxygen atoms in total. The summed E-state index contributed by atoms with van der Waals surface area (Å²) in [5.74, 6) is 0.885. The lowest BCUT2D eigenvalue weighted by atomic mass is 10.2. The van der Waals surface area contributed by atoms with Gasteiger partial charge >= 0.3 is 0 Å². The van der Waals surface area contributed by atoms with E-state index in [4.69, 9.17) is 21.7 Å². The Morgan fingerprint density at radius 1 is 1.48 bits per heavy atom. The number of aryl methyl sites for hydroxylation is 1. The lowest BCUT2D eigenvalue weighted by Crippen LogP contribution is -2.10. The Balaban J connectivity index is 1.84. The zero-order chi connectivity index (χ0) is 14.7. The number of imidazole rings is 1. The normalized spacial score (nSPS) is 18.4. The number of fused-ring (bicyclic) bond motifs is 1. The quantitative estimate of drug-likeness (QED) is 0.818. The van der Waals surface area contributed by atoms with Crippen LogP contribution in [0.3, 0.4) is 0 Å². The Morgan fingerprint density at radius 2 is 2.38 bits per heavy atom. The summed E-state index contributed by atoms with van der Waals surface area (Å²) in [6.45, 7) is 4.62. The minimum Gasteiger partial charge on any atom is -0.491 e. The van der Waals surface area contributed by atoms with Crippen molar-refractivity contribution in [1.82, 2.24) is 9.55 Å². The molecule has 1 aromatic heterocycles. The molecule has 1 fully saturated rings. The molecule has 1 aliphatic rings. The van der Waals surface area contributed by atoms with Gasteiger partial charge in [0, 0.05) is 13.2 Å². The Bertz CT molecular complexity index is 656. The van der Waals surface area contributed by atoms with E-state index in [-0.39, 0.29) is 0 Å². The van der Waals surface area contributed by atoms with E-state index in [1.807, 2.05) is 12.1 Å². The van der Waals surface area contributed by atoms with Crippen LogP contribution in [0.4, 0.5) is 0 Å². The van der Waals surface area contributed by atoms with Gasteiger partial charge in [-0.15, -0.1) is 0 Å². The summed E-state index contributed by atoms with van der Waals surface area (Å²) in [6.07, 6.45) is 4.74. The predicted molar refractivity (Wildman–Crippen MR) is 86.5 cm³/mol. The van der Waals surface area contributed by atoms with Crippen molar-refractivity contribution in [2.24, 2.45) is 0 Å². The first kappa shape index (κ1) is 14.6. The van der Waals surface area contributed by atoms with Crippen molar-refractivity contribution in [2.45, 2.75) is 45.3 Å². The standard InChI is InChI=1S/C16H22N2O2S/c1-2-10-20-14-7-3-6-13-15(14)17-16(21)18(13)9-8-12-5-4-11-19-12/h3,6-7,12H,2,4-5,8-11H2,1H3,(H,17,21). The van der Waals surface area contributed by atoms with E-state index in [0.29, 0.717) is 6.10 Å². The van der Waals surface area contributed by atoms with E-state index in [1.54, 1.807) is 0 Å². The molecule has 0 bridgehead atoms. The zero-order valence-corrected chi connectivity index (χ0v) is 13.2. The van der Waals surface area contributed by atoms with Gasteiger partial charge in [-0.2, -0.15) is 0 Å². The highest BCUT2D eigenvalue weighted by Crippen LogP contribution is 2.26. The topological polar surface area (TPSA) is 39.2 Å². The molecule has 1 aromatic carbocycles. The van der Waals surface area contributed by atoms with Crippen LogP contribution in [0.2, 0.25) is 0 Å². The van der Waals surface area contributed by atoms with Crippen molar-refractivity contribution in [1.29, 1.82) is 0 Å². The van der Waals surface area contributed by atoms with Crippen LogP contribution in [0.1, 0.15) is 32.6 Å². The van der Waals surface area contributed by atoms with Crippen LogP contribution in [-0.2, 0) is 11.3 Å². The second kappa shape index (κ2) is 6.62. The summed E-state index contributed by atoms with van der Waals surface area (Å²) in [7, 11) is 0. The van der Waals surface area contributed by atoms with E-state index < -0.39 is 0 Å². The van der Waals surface area contributed by atoms with Crippen molar-refractivity contribution in [3.63, 3.8) is 0 Å². The summed E-state index contributed by atoms with van der Waals surface area (Å²) in [4.78, 5) is 3.29. The lowest BCUT2D eigenvalue weighted by molar-refractivity contribution is 0.101. The molecule has 0 radical (unpaired) electrons. The van der Waals surface area contributed by atoms with Crippen LogP contribution in [0.5, 0.6) is 5.75 Å². The largest absolute Gasteiger partial charge is 0.491 e. The van der Waals surface area contributed by atoms with Gasteiger partial charge in [-0.25, -0.2) is 0 Å². The highest BCUT2D eigenvalue weighted by molar-refractivity contribution is 7.71. The molecule has 2 aromatic rings. The van der Waals surface area contributed by atoms with E-state index in [9.17, 15) is 0 Å². The molecule has 1 N–H and O–H groups in total. The van der Waals surface area contributed by atoms with Gasteiger partial charge < -0.3 is 19.0 Å². The molecule has 21 heavy (non-hydrogen) atoms. The number of aromatic amines is 1. The minimum absolute atomic E-state index is 0.386. The van der Waals surface area contributed by atoms with E-state index >= 15 is 0 Å². The predicted octanol–water partition coefficient (Wildman–Crippen LogP) is 4.06. The third kappa shape index (κ3) is 3.14. The smallest absolute Gasteiger partial charge is 0.178 e. The average Bonchev–Trinajstić information content (AvgIpc) is 3.10. The number of para-hydroxylation sites is 1. The monoisotopic (exact) mass is 306 g/mol. The SMILES string of the molecule is CCCOc1cccc2c1[nH]c(=S)n2CCC1CCCO1. The first-order valence-electron chi connectivity index (χ1n) is 7.75. The third-order valence-electron chi connectivity index (χ3n) is 3.93. The lowest BCUT2D eigenvalue weighted by Gasteiger charge is -2.10. The van der Waals surface area contributed by atoms with Crippen LogP contribution in [0.25, 0.3) is 11.0 Å². The molecule has 1 saturated heterocycles. The van der Waals surface area contributed by atoms with Crippen molar-refractivity contribution >= 4 is 23.3 Å². The van der Waals surface area contributed by atoms with E-state index in [1.165, 1.54) is 12.8 Å². The molecular weight excluding hydrogens is 284 g/mol. The number of H-pyrrole nitrogens is 1. The molecule has 3 rings (SSSR count). The van der Waals surface area contributed by atoms with Crippen molar-refractivity contribution < 1.29 is 9.47 Å². The molecule has 0 aliphatic carbocycles. The Morgan fingerprint density at radius 3 is 3.14 bits per heavy atom.